The van der Waals surface area contributed by atoms with Gasteiger partial charge in [-0.05, 0) is 37.7 Å². The predicted molar refractivity (Wildman–Crippen MR) is 67.8 cm³/mol. The molecule has 1 aliphatic rings. The summed E-state index contributed by atoms with van der Waals surface area (Å²) in [4.78, 5) is 4.24. The number of nitrogens with one attached hydrogen (secondary N) is 1. The third kappa shape index (κ3) is 3.02. The van der Waals surface area contributed by atoms with Crippen molar-refractivity contribution in [2.45, 2.75) is 30.6 Å². The van der Waals surface area contributed by atoms with Crippen molar-refractivity contribution in [1.82, 2.24) is 4.98 Å². The lowest BCUT2D eigenvalue weighted by Crippen LogP contribution is -2.16. The molecule has 1 heterocycles. The first-order valence-corrected chi connectivity index (χ1v) is 6.86. The summed E-state index contributed by atoms with van der Waals surface area (Å²) < 4.78 is 0. The fourth-order valence-corrected chi connectivity index (χ4v) is 2.94. The Bertz CT molecular complexity index is 332. The standard InChI is InChI=1S/C11H15ClN2S/c1-15-9-6-5-8(7-9)13-11-4-2-3-10(12)14-11/h2-4,8-9H,5-7H2,1H3,(H,13,14). The lowest BCUT2D eigenvalue weighted by molar-refractivity contribution is 0.752. The number of anilines is 1. The first kappa shape index (κ1) is 11.1. The van der Waals surface area contributed by atoms with Crippen molar-refractivity contribution in [2.24, 2.45) is 0 Å². The highest BCUT2D eigenvalue weighted by Crippen LogP contribution is 2.29. The number of halogens is 1. The Morgan fingerprint density at radius 2 is 2.33 bits per heavy atom. The van der Waals surface area contributed by atoms with Gasteiger partial charge < -0.3 is 5.32 Å². The van der Waals surface area contributed by atoms with Crippen LogP contribution in [-0.4, -0.2) is 22.5 Å². The van der Waals surface area contributed by atoms with Crippen molar-refractivity contribution in [3.63, 3.8) is 0 Å². The van der Waals surface area contributed by atoms with Crippen LogP contribution in [0.15, 0.2) is 18.2 Å². The summed E-state index contributed by atoms with van der Waals surface area (Å²) in [6.45, 7) is 0. The van der Waals surface area contributed by atoms with Gasteiger partial charge in [0.05, 0.1) is 0 Å². The summed E-state index contributed by atoms with van der Waals surface area (Å²) in [6.07, 6.45) is 5.96. The van der Waals surface area contributed by atoms with Crippen LogP contribution in [0.5, 0.6) is 0 Å². The summed E-state index contributed by atoms with van der Waals surface area (Å²) >= 11 is 7.79. The number of aromatic nitrogens is 1. The number of hydrogen-bond acceptors (Lipinski definition) is 3. The van der Waals surface area contributed by atoms with Crippen LogP contribution >= 0.6 is 23.4 Å². The van der Waals surface area contributed by atoms with E-state index in [0.717, 1.165) is 11.1 Å². The topological polar surface area (TPSA) is 24.9 Å². The molecule has 0 amide bonds. The van der Waals surface area contributed by atoms with Gasteiger partial charge >= 0.3 is 0 Å². The number of pyridine rings is 1. The molecule has 2 rings (SSSR count). The summed E-state index contributed by atoms with van der Waals surface area (Å²) in [6, 6.07) is 6.26. The summed E-state index contributed by atoms with van der Waals surface area (Å²) in [7, 11) is 0. The van der Waals surface area contributed by atoms with Gasteiger partial charge in [-0.1, -0.05) is 17.7 Å². The summed E-state index contributed by atoms with van der Waals surface area (Å²) in [5.41, 5.74) is 0. The smallest absolute Gasteiger partial charge is 0.131 e. The van der Waals surface area contributed by atoms with Crippen molar-refractivity contribution < 1.29 is 0 Å². The van der Waals surface area contributed by atoms with Crippen LogP contribution < -0.4 is 5.32 Å². The van der Waals surface area contributed by atoms with E-state index in [1.54, 1.807) is 6.07 Å². The molecule has 1 saturated carbocycles. The maximum Gasteiger partial charge on any atom is 0.131 e. The zero-order valence-corrected chi connectivity index (χ0v) is 10.3. The Kier molecular flexibility index (Phi) is 3.76. The minimum absolute atomic E-state index is 0.555. The fraction of sp³-hybridized carbons (Fsp3) is 0.545. The largest absolute Gasteiger partial charge is 0.367 e. The maximum atomic E-state index is 5.83. The van der Waals surface area contributed by atoms with Crippen LogP contribution in [0.4, 0.5) is 5.82 Å². The van der Waals surface area contributed by atoms with Gasteiger partial charge in [0, 0.05) is 11.3 Å². The highest BCUT2D eigenvalue weighted by atomic mass is 35.5. The SMILES string of the molecule is CSC1CCC(Nc2cccc(Cl)n2)C1. The van der Waals surface area contributed by atoms with E-state index in [0.29, 0.717) is 11.2 Å². The van der Waals surface area contributed by atoms with Crippen LogP contribution in [0.3, 0.4) is 0 Å². The van der Waals surface area contributed by atoms with Gasteiger partial charge in [0.2, 0.25) is 0 Å². The van der Waals surface area contributed by atoms with E-state index in [1.807, 2.05) is 23.9 Å². The van der Waals surface area contributed by atoms with Gasteiger partial charge in [0.25, 0.3) is 0 Å². The van der Waals surface area contributed by atoms with Crippen LogP contribution in [0.1, 0.15) is 19.3 Å². The molecule has 1 aromatic rings. The average molecular weight is 243 g/mol. The maximum absolute atomic E-state index is 5.83. The molecule has 2 atom stereocenters. The third-order valence-corrected chi connectivity index (χ3v) is 4.09. The molecule has 0 aromatic carbocycles. The molecule has 2 unspecified atom stereocenters. The van der Waals surface area contributed by atoms with Gasteiger partial charge in [0.1, 0.15) is 11.0 Å². The zero-order chi connectivity index (χ0) is 10.7. The van der Waals surface area contributed by atoms with E-state index in [9.17, 15) is 0 Å². The molecule has 1 aromatic heterocycles. The molecule has 0 saturated heterocycles. The normalized spacial score (nSPS) is 25.5. The molecular weight excluding hydrogens is 228 g/mol. The molecule has 4 heteroatoms. The molecule has 2 nitrogen and oxygen atoms in total. The van der Waals surface area contributed by atoms with Crippen LogP contribution in [-0.2, 0) is 0 Å². The highest BCUT2D eigenvalue weighted by Gasteiger charge is 2.23. The Labute approximate surface area is 99.8 Å². The first-order chi connectivity index (χ1) is 7.28. The Morgan fingerprint density at radius 3 is 3.00 bits per heavy atom. The number of hydrogen-bond donors (Lipinski definition) is 1. The predicted octanol–water partition coefficient (Wildman–Crippen LogP) is 3.43. The zero-order valence-electron chi connectivity index (χ0n) is 8.74. The molecule has 0 aliphatic heterocycles. The Hall–Kier alpha value is -0.410. The molecule has 15 heavy (non-hydrogen) atoms. The molecule has 1 N–H and O–H groups in total. The van der Waals surface area contributed by atoms with Crippen molar-refractivity contribution in [2.75, 3.05) is 11.6 Å². The van der Waals surface area contributed by atoms with Crippen LogP contribution in [0.25, 0.3) is 0 Å². The third-order valence-electron chi connectivity index (χ3n) is 2.78. The van der Waals surface area contributed by atoms with Gasteiger partial charge in [-0.25, -0.2) is 4.98 Å². The van der Waals surface area contributed by atoms with Crippen LogP contribution in [0, 0.1) is 0 Å². The summed E-state index contributed by atoms with van der Waals surface area (Å²) in [5.74, 6) is 0.897. The second kappa shape index (κ2) is 5.08. The molecule has 1 aliphatic carbocycles. The Balaban J connectivity index is 1.92. The van der Waals surface area contributed by atoms with E-state index in [2.05, 4.69) is 16.6 Å². The van der Waals surface area contributed by atoms with E-state index in [-0.39, 0.29) is 0 Å². The molecule has 82 valence electrons. The van der Waals surface area contributed by atoms with Crippen molar-refractivity contribution in [3.05, 3.63) is 23.4 Å². The highest BCUT2D eigenvalue weighted by molar-refractivity contribution is 7.99. The molecule has 0 bridgehead atoms. The van der Waals surface area contributed by atoms with Crippen molar-refractivity contribution >= 4 is 29.2 Å². The lowest BCUT2D eigenvalue weighted by atomic mass is 10.2. The summed E-state index contributed by atoms with van der Waals surface area (Å²) in [5, 5.41) is 4.80. The molecule has 1 fully saturated rings. The molecule has 0 spiro atoms. The van der Waals surface area contributed by atoms with Crippen molar-refractivity contribution in [1.29, 1.82) is 0 Å². The fourth-order valence-electron chi connectivity index (χ4n) is 1.98. The van der Waals surface area contributed by atoms with E-state index >= 15 is 0 Å². The van der Waals surface area contributed by atoms with E-state index in [1.165, 1.54) is 19.3 Å². The van der Waals surface area contributed by atoms with Gasteiger partial charge in [-0.3, -0.25) is 0 Å². The van der Waals surface area contributed by atoms with Crippen molar-refractivity contribution in [3.8, 4) is 0 Å². The minimum atomic E-state index is 0.555. The number of thioether (sulfide) groups is 1. The number of nitrogens with zero attached hydrogens (tertiary/aromatic N) is 1. The number of rotatable bonds is 3. The van der Waals surface area contributed by atoms with Gasteiger partial charge in [-0.2, -0.15) is 11.8 Å². The Morgan fingerprint density at radius 1 is 1.47 bits per heavy atom. The van der Waals surface area contributed by atoms with Gasteiger partial charge in [-0.15, -0.1) is 0 Å². The minimum Gasteiger partial charge on any atom is -0.367 e. The van der Waals surface area contributed by atoms with E-state index in [4.69, 9.17) is 11.6 Å². The second-order valence-corrected chi connectivity index (χ2v) is 5.38. The first-order valence-electron chi connectivity index (χ1n) is 5.20. The van der Waals surface area contributed by atoms with Crippen LogP contribution in [0.2, 0.25) is 5.15 Å². The lowest BCUT2D eigenvalue weighted by Gasteiger charge is -2.13. The van der Waals surface area contributed by atoms with Gasteiger partial charge in [0.15, 0.2) is 0 Å². The molecule has 0 radical (unpaired) electrons. The van der Waals surface area contributed by atoms with E-state index < -0.39 is 0 Å². The quantitative estimate of drug-likeness (QED) is 0.823. The molecular formula is C11H15ClN2S. The monoisotopic (exact) mass is 242 g/mol. The second-order valence-electron chi connectivity index (χ2n) is 3.86. The average Bonchev–Trinajstić information content (AvgIpc) is 2.65.